The zero-order valence-electron chi connectivity index (χ0n) is 17.5. The molecule has 0 atom stereocenters. The number of carbonyl (C=O) groups is 2. The Hall–Kier alpha value is -3.45. The average molecular weight is 421 g/mol. The highest BCUT2D eigenvalue weighted by atomic mass is 16.3. The van der Waals surface area contributed by atoms with Gasteiger partial charge in [-0.3, -0.25) is 19.5 Å². The van der Waals surface area contributed by atoms with E-state index in [1.54, 1.807) is 12.5 Å². The third-order valence-corrected chi connectivity index (χ3v) is 5.36. The number of carboxylic acid groups (broad SMARTS) is 1. The van der Waals surface area contributed by atoms with Crippen LogP contribution in [0.15, 0.2) is 65.5 Å². The predicted molar refractivity (Wildman–Crippen MR) is 118 cm³/mol. The van der Waals surface area contributed by atoms with Gasteiger partial charge in [-0.2, -0.15) is 0 Å². The maximum Gasteiger partial charge on any atom is 0.290 e. The molecule has 1 saturated heterocycles. The van der Waals surface area contributed by atoms with Crippen molar-refractivity contribution in [2.24, 2.45) is 0 Å². The highest BCUT2D eigenvalue weighted by molar-refractivity contribution is 5.94. The van der Waals surface area contributed by atoms with E-state index in [0.717, 1.165) is 54.9 Å². The summed E-state index contributed by atoms with van der Waals surface area (Å²) in [5.74, 6) is 0.995. The lowest BCUT2D eigenvalue weighted by Gasteiger charge is -2.31. The monoisotopic (exact) mass is 421 g/mol. The molecule has 7 heteroatoms. The van der Waals surface area contributed by atoms with Crippen molar-refractivity contribution in [3.8, 4) is 11.1 Å². The van der Waals surface area contributed by atoms with Gasteiger partial charge in [0.15, 0.2) is 0 Å². The summed E-state index contributed by atoms with van der Waals surface area (Å²) in [7, 11) is 0. The lowest BCUT2D eigenvalue weighted by atomic mass is 10.0. The molecule has 1 aliphatic heterocycles. The number of amides is 1. The topological polar surface area (TPSA) is 95.7 Å². The van der Waals surface area contributed by atoms with Crippen LogP contribution in [0.4, 0.5) is 0 Å². The Morgan fingerprint density at radius 2 is 1.94 bits per heavy atom. The summed E-state index contributed by atoms with van der Waals surface area (Å²) in [6, 6.07) is 14.0. The summed E-state index contributed by atoms with van der Waals surface area (Å²) < 4.78 is 5.42. The van der Waals surface area contributed by atoms with E-state index >= 15 is 0 Å². The molecule has 0 spiro atoms. The summed E-state index contributed by atoms with van der Waals surface area (Å²) in [4.78, 5) is 27.5. The van der Waals surface area contributed by atoms with Gasteiger partial charge in [-0.1, -0.05) is 12.1 Å². The number of benzene rings is 1. The molecule has 0 radical (unpaired) electrons. The standard InChI is InChI=1S/C23H25N3O2.CH2O2/c1-17-15-24-11-8-22(17)18-4-6-19(7-5-18)23(27)25-20-9-12-26(13-10-20)16-21-3-2-14-28-21;2-1-3/h2-8,11,14-15,20H,9-10,12-13,16H2,1H3,(H,25,27);1H,(H,2,3). The molecule has 162 valence electrons. The van der Waals surface area contributed by atoms with Crippen LogP contribution < -0.4 is 5.32 Å². The minimum atomic E-state index is -0.250. The summed E-state index contributed by atoms with van der Waals surface area (Å²) >= 11 is 0. The van der Waals surface area contributed by atoms with Gasteiger partial charge in [-0.15, -0.1) is 0 Å². The molecule has 0 unspecified atom stereocenters. The fraction of sp³-hybridized carbons (Fsp3) is 0.292. The molecule has 0 bridgehead atoms. The summed E-state index contributed by atoms with van der Waals surface area (Å²) in [5.41, 5.74) is 4.07. The van der Waals surface area contributed by atoms with Gasteiger partial charge in [0.2, 0.25) is 0 Å². The Morgan fingerprint density at radius 3 is 2.55 bits per heavy atom. The van der Waals surface area contributed by atoms with E-state index in [0.29, 0.717) is 5.56 Å². The first-order chi connectivity index (χ1) is 15.1. The van der Waals surface area contributed by atoms with E-state index in [1.807, 2.05) is 55.6 Å². The van der Waals surface area contributed by atoms with Crippen LogP contribution in [0.1, 0.15) is 34.5 Å². The van der Waals surface area contributed by atoms with Crippen molar-refractivity contribution in [2.45, 2.75) is 32.4 Å². The number of furan rings is 1. The number of hydrogen-bond acceptors (Lipinski definition) is 5. The molecule has 0 aliphatic carbocycles. The second-order valence-electron chi connectivity index (χ2n) is 7.48. The van der Waals surface area contributed by atoms with Crippen molar-refractivity contribution in [3.05, 3.63) is 78.0 Å². The van der Waals surface area contributed by atoms with Gasteiger partial charge < -0.3 is 14.8 Å². The number of aromatic nitrogens is 1. The van der Waals surface area contributed by atoms with Crippen LogP contribution in [0.5, 0.6) is 0 Å². The van der Waals surface area contributed by atoms with Gasteiger partial charge in [-0.25, -0.2) is 0 Å². The fourth-order valence-electron chi connectivity index (χ4n) is 3.73. The Labute approximate surface area is 181 Å². The van der Waals surface area contributed by atoms with Crippen LogP contribution in [-0.2, 0) is 11.3 Å². The molecule has 1 aliphatic rings. The molecule has 1 aromatic carbocycles. The van der Waals surface area contributed by atoms with Gasteiger partial charge in [0.1, 0.15) is 5.76 Å². The number of piperidine rings is 1. The first-order valence-corrected chi connectivity index (χ1v) is 10.2. The maximum absolute atomic E-state index is 12.6. The number of likely N-dealkylation sites (tertiary alicyclic amines) is 1. The Balaban J connectivity index is 0.000000858. The number of carbonyl (C=O) groups excluding carboxylic acids is 1. The third kappa shape index (κ3) is 6.26. The SMILES string of the molecule is Cc1cnccc1-c1ccc(C(=O)NC2CCN(Cc3ccco3)CC2)cc1.O=CO. The second-order valence-corrected chi connectivity index (χ2v) is 7.48. The minimum absolute atomic E-state index is 0.00230. The van der Waals surface area contributed by atoms with E-state index in [1.165, 1.54) is 0 Å². The molecule has 1 amide bonds. The van der Waals surface area contributed by atoms with Crippen molar-refractivity contribution < 1.29 is 19.1 Å². The van der Waals surface area contributed by atoms with Gasteiger partial charge in [0.05, 0.1) is 12.8 Å². The predicted octanol–water partition coefficient (Wildman–Crippen LogP) is 3.75. The highest BCUT2D eigenvalue weighted by Crippen LogP contribution is 2.23. The van der Waals surface area contributed by atoms with Crippen molar-refractivity contribution in [3.63, 3.8) is 0 Å². The molecule has 7 nitrogen and oxygen atoms in total. The lowest BCUT2D eigenvalue weighted by molar-refractivity contribution is -0.122. The molecule has 1 fully saturated rings. The summed E-state index contributed by atoms with van der Waals surface area (Å²) in [6.45, 7) is 4.56. The number of aryl methyl sites for hydroxylation is 1. The van der Waals surface area contributed by atoms with Crippen LogP contribution >= 0.6 is 0 Å². The van der Waals surface area contributed by atoms with Crippen LogP contribution in [-0.4, -0.2) is 46.5 Å². The van der Waals surface area contributed by atoms with Crippen LogP contribution in [0, 0.1) is 6.92 Å². The van der Waals surface area contributed by atoms with E-state index < -0.39 is 0 Å². The molecule has 3 aromatic rings. The number of nitrogens with zero attached hydrogens (tertiary/aromatic N) is 2. The van der Waals surface area contributed by atoms with Gasteiger partial charge in [-0.05, 0) is 66.8 Å². The fourth-order valence-corrected chi connectivity index (χ4v) is 3.73. The normalized spacial score (nSPS) is 14.4. The van der Waals surface area contributed by atoms with Crippen LogP contribution in [0.2, 0.25) is 0 Å². The van der Waals surface area contributed by atoms with E-state index in [2.05, 4.69) is 15.2 Å². The average Bonchev–Trinajstić information content (AvgIpc) is 3.29. The molecule has 2 N–H and O–H groups in total. The minimum Gasteiger partial charge on any atom is -0.483 e. The lowest BCUT2D eigenvalue weighted by Crippen LogP contribution is -2.44. The first-order valence-electron chi connectivity index (χ1n) is 10.2. The Morgan fingerprint density at radius 1 is 1.23 bits per heavy atom. The smallest absolute Gasteiger partial charge is 0.290 e. The van der Waals surface area contributed by atoms with Crippen molar-refractivity contribution in [1.29, 1.82) is 0 Å². The van der Waals surface area contributed by atoms with Crippen LogP contribution in [0.25, 0.3) is 11.1 Å². The van der Waals surface area contributed by atoms with E-state index in [4.69, 9.17) is 14.3 Å². The molecular formula is C24H27N3O4. The van der Waals surface area contributed by atoms with Crippen molar-refractivity contribution in [1.82, 2.24) is 15.2 Å². The first kappa shape index (κ1) is 22.2. The maximum atomic E-state index is 12.6. The summed E-state index contributed by atoms with van der Waals surface area (Å²) in [6.07, 6.45) is 7.28. The molecule has 3 heterocycles. The largest absolute Gasteiger partial charge is 0.483 e. The molecular weight excluding hydrogens is 394 g/mol. The number of hydrogen-bond donors (Lipinski definition) is 2. The van der Waals surface area contributed by atoms with E-state index in [-0.39, 0.29) is 18.4 Å². The molecule has 0 saturated carbocycles. The highest BCUT2D eigenvalue weighted by Gasteiger charge is 2.21. The molecule has 2 aromatic heterocycles. The molecule has 31 heavy (non-hydrogen) atoms. The number of pyridine rings is 1. The summed E-state index contributed by atoms with van der Waals surface area (Å²) in [5, 5.41) is 10.1. The van der Waals surface area contributed by atoms with Gasteiger partial charge >= 0.3 is 0 Å². The van der Waals surface area contributed by atoms with Gasteiger partial charge in [0.25, 0.3) is 12.4 Å². The van der Waals surface area contributed by atoms with E-state index in [9.17, 15) is 4.79 Å². The molecule has 4 rings (SSSR count). The quantitative estimate of drug-likeness (QED) is 0.609. The Bertz CT molecular complexity index is 963. The number of rotatable bonds is 5. The second kappa shape index (κ2) is 11.1. The van der Waals surface area contributed by atoms with Crippen molar-refractivity contribution >= 4 is 12.4 Å². The number of nitrogens with one attached hydrogen (secondary N) is 1. The van der Waals surface area contributed by atoms with Crippen molar-refractivity contribution in [2.75, 3.05) is 13.1 Å². The zero-order valence-corrected chi connectivity index (χ0v) is 17.5. The third-order valence-electron chi connectivity index (χ3n) is 5.36. The zero-order chi connectivity index (χ0) is 22.1. The Kier molecular flexibility index (Phi) is 7.95. The van der Waals surface area contributed by atoms with Crippen LogP contribution in [0.3, 0.4) is 0 Å². The van der Waals surface area contributed by atoms with Gasteiger partial charge in [0, 0.05) is 37.1 Å².